The van der Waals surface area contributed by atoms with E-state index in [-0.39, 0.29) is 29.8 Å². The first-order valence-electron chi connectivity index (χ1n) is 9.21. The Balaban J connectivity index is 2.01. The van der Waals surface area contributed by atoms with Crippen LogP contribution in [-0.2, 0) is 14.8 Å². The van der Waals surface area contributed by atoms with Crippen molar-refractivity contribution in [1.29, 1.82) is 0 Å². The fourth-order valence-electron chi connectivity index (χ4n) is 2.86. The third-order valence-corrected chi connectivity index (χ3v) is 6.33. The monoisotopic (exact) mass is 396 g/mol. The zero-order valence-corrected chi connectivity index (χ0v) is 16.7. The van der Waals surface area contributed by atoms with Crippen molar-refractivity contribution in [3.05, 3.63) is 29.8 Å². The molecule has 0 aromatic heterocycles. The van der Waals surface area contributed by atoms with Gasteiger partial charge >= 0.3 is 0 Å². The predicted molar refractivity (Wildman–Crippen MR) is 103 cm³/mol. The van der Waals surface area contributed by atoms with Crippen molar-refractivity contribution < 1.29 is 18.0 Å². The lowest BCUT2D eigenvalue weighted by Gasteiger charge is -2.33. The first-order valence-corrected chi connectivity index (χ1v) is 10.6. The maximum Gasteiger partial charge on any atom is 0.251 e. The fourth-order valence-corrected chi connectivity index (χ4v) is 4.33. The molecule has 0 spiro atoms. The maximum absolute atomic E-state index is 12.9. The number of carbonyl (C=O) groups is 2. The van der Waals surface area contributed by atoms with E-state index in [1.807, 2.05) is 0 Å². The number of sulfonamides is 1. The maximum atomic E-state index is 12.9. The van der Waals surface area contributed by atoms with E-state index in [4.69, 9.17) is 0 Å². The summed E-state index contributed by atoms with van der Waals surface area (Å²) in [5.74, 6) is -0.356. The lowest BCUT2D eigenvalue weighted by Crippen LogP contribution is -2.49. The lowest BCUT2D eigenvalue weighted by molar-refractivity contribution is -0.129. The van der Waals surface area contributed by atoms with Gasteiger partial charge < -0.3 is 15.5 Å². The van der Waals surface area contributed by atoms with Crippen molar-refractivity contribution in [2.45, 2.75) is 25.2 Å². The normalized spacial score (nSPS) is 15.6. The molecule has 0 bridgehead atoms. The Bertz CT molecular complexity index is 758. The van der Waals surface area contributed by atoms with Gasteiger partial charge in [-0.3, -0.25) is 9.59 Å². The van der Waals surface area contributed by atoms with Gasteiger partial charge in [-0.05, 0) is 31.2 Å². The average Bonchev–Trinajstić information content (AvgIpc) is 2.67. The highest BCUT2D eigenvalue weighted by molar-refractivity contribution is 7.89. The standard InChI is InChI=1S/C18H28N4O4S/c1-3-7-19-8-9-20-18(24)16-5-4-6-17(14-16)27(25,26)22-12-10-21(11-13-22)15(2)23/h4-6,14,19H,3,7-13H2,1-2H3,(H,20,24). The van der Waals surface area contributed by atoms with Gasteiger partial charge in [-0.1, -0.05) is 13.0 Å². The number of hydrogen-bond acceptors (Lipinski definition) is 5. The smallest absolute Gasteiger partial charge is 0.251 e. The molecule has 0 radical (unpaired) electrons. The molecular formula is C18H28N4O4S. The summed E-state index contributed by atoms with van der Waals surface area (Å²) in [6.45, 7) is 6.82. The molecule has 1 aromatic rings. The van der Waals surface area contributed by atoms with Crippen LogP contribution in [0.3, 0.4) is 0 Å². The molecule has 1 fully saturated rings. The summed E-state index contributed by atoms with van der Waals surface area (Å²) in [6, 6.07) is 6.07. The average molecular weight is 397 g/mol. The van der Waals surface area contributed by atoms with Crippen molar-refractivity contribution in [2.75, 3.05) is 45.8 Å². The van der Waals surface area contributed by atoms with Gasteiger partial charge in [0.05, 0.1) is 4.90 Å². The molecule has 8 nitrogen and oxygen atoms in total. The van der Waals surface area contributed by atoms with Gasteiger partial charge in [-0.15, -0.1) is 0 Å². The zero-order chi connectivity index (χ0) is 19.9. The number of piperazine rings is 1. The Morgan fingerprint density at radius 3 is 2.41 bits per heavy atom. The topological polar surface area (TPSA) is 98.8 Å². The number of carbonyl (C=O) groups excluding carboxylic acids is 2. The van der Waals surface area contributed by atoms with Gasteiger partial charge in [0, 0.05) is 51.8 Å². The highest BCUT2D eigenvalue weighted by Crippen LogP contribution is 2.19. The van der Waals surface area contributed by atoms with Crippen molar-refractivity contribution in [3.63, 3.8) is 0 Å². The van der Waals surface area contributed by atoms with Crippen LogP contribution < -0.4 is 10.6 Å². The van der Waals surface area contributed by atoms with Crippen LogP contribution in [-0.4, -0.2) is 75.3 Å². The Morgan fingerprint density at radius 1 is 1.07 bits per heavy atom. The zero-order valence-electron chi connectivity index (χ0n) is 15.9. The van der Waals surface area contributed by atoms with Gasteiger partial charge in [0.25, 0.3) is 5.91 Å². The molecule has 9 heteroatoms. The Kier molecular flexibility index (Phi) is 7.76. The molecule has 0 saturated carbocycles. The Hall–Kier alpha value is -1.97. The molecule has 0 atom stereocenters. The largest absolute Gasteiger partial charge is 0.351 e. The Labute approximate surface area is 161 Å². The molecule has 1 heterocycles. The quantitative estimate of drug-likeness (QED) is 0.615. The van der Waals surface area contributed by atoms with Crippen molar-refractivity contribution >= 4 is 21.8 Å². The van der Waals surface area contributed by atoms with E-state index in [1.165, 1.54) is 23.4 Å². The Morgan fingerprint density at radius 2 is 1.78 bits per heavy atom. The summed E-state index contributed by atoms with van der Waals surface area (Å²) in [5.41, 5.74) is 0.314. The molecule has 1 saturated heterocycles. The first kappa shape index (κ1) is 21.3. The van der Waals surface area contributed by atoms with Gasteiger partial charge in [0.1, 0.15) is 0 Å². The van der Waals surface area contributed by atoms with E-state index in [0.717, 1.165) is 13.0 Å². The minimum Gasteiger partial charge on any atom is -0.351 e. The van der Waals surface area contributed by atoms with Gasteiger partial charge in [0.2, 0.25) is 15.9 Å². The van der Waals surface area contributed by atoms with E-state index < -0.39 is 10.0 Å². The van der Waals surface area contributed by atoms with E-state index in [2.05, 4.69) is 17.6 Å². The third-order valence-electron chi connectivity index (χ3n) is 4.43. The summed E-state index contributed by atoms with van der Waals surface area (Å²) in [4.78, 5) is 25.4. The van der Waals surface area contributed by atoms with Crippen molar-refractivity contribution in [1.82, 2.24) is 19.8 Å². The summed E-state index contributed by atoms with van der Waals surface area (Å²) in [5, 5.41) is 5.97. The third kappa shape index (κ3) is 5.75. The van der Waals surface area contributed by atoms with Crippen molar-refractivity contribution in [2.24, 2.45) is 0 Å². The minimum absolute atomic E-state index is 0.0563. The molecule has 0 aliphatic carbocycles. The number of rotatable bonds is 8. The molecule has 0 unspecified atom stereocenters. The molecule has 2 N–H and O–H groups in total. The van der Waals surface area contributed by atoms with Crippen LogP contribution >= 0.6 is 0 Å². The number of nitrogens with zero attached hydrogens (tertiary/aromatic N) is 2. The molecule has 2 amide bonds. The highest BCUT2D eigenvalue weighted by atomic mass is 32.2. The summed E-state index contributed by atoms with van der Waals surface area (Å²) >= 11 is 0. The number of benzene rings is 1. The van der Waals surface area contributed by atoms with Gasteiger partial charge in [-0.25, -0.2) is 8.42 Å². The van der Waals surface area contributed by atoms with E-state index >= 15 is 0 Å². The van der Waals surface area contributed by atoms with Crippen LogP contribution in [0, 0.1) is 0 Å². The SMILES string of the molecule is CCCNCCNC(=O)c1cccc(S(=O)(=O)N2CCN(C(C)=O)CC2)c1. The van der Waals surface area contributed by atoms with E-state index in [0.29, 0.717) is 31.7 Å². The van der Waals surface area contributed by atoms with Gasteiger partial charge in [0.15, 0.2) is 0 Å². The fraction of sp³-hybridized carbons (Fsp3) is 0.556. The van der Waals surface area contributed by atoms with Crippen LogP contribution in [0.25, 0.3) is 0 Å². The highest BCUT2D eigenvalue weighted by Gasteiger charge is 2.29. The number of nitrogens with one attached hydrogen (secondary N) is 2. The van der Waals surface area contributed by atoms with Crippen molar-refractivity contribution in [3.8, 4) is 0 Å². The number of hydrogen-bond donors (Lipinski definition) is 2. The molecule has 150 valence electrons. The molecule has 2 rings (SSSR count). The summed E-state index contributed by atoms with van der Waals surface area (Å²) < 4.78 is 27.1. The molecule has 27 heavy (non-hydrogen) atoms. The molecule has 1 aliphatic heterocycles. The van der Waals surface area contributed by atoms with Crippen LogP contribution in [0.15, 0.2) is 29.2 Å². The summed E-state index contributed by atoms with van der Waals surface area (Å²) in [6.07, 6.45) is 1.02. The molecule has 1 aliphatic rings. The van der Waals surface area contributed by atoms with E-state index in [1.54, 1.807) is 17.0 Å². The van der Waals surface area contributed by atoms with Gasteiger partial charge in [-0.2, -0.15) is 4.31 Å². The molecule has 1 aromatic carbocycles. The second-order valence-electron chi connectivity index (χ2n) is 6.44. The number of amides is 2. The first-order chi connectivity index (χ1) is 12.9. The van der Waals surface area contributed by atoms with Crippen LogP contribution in [0.4, 0.5) is 0 Å². The second kappa shape index (κ2) is 9.82. The minimum atomic E-state index is -3.70. The van der Waals surface area contributed by atoms with Crippen LogP contribution in [0.1, 0.15) is 30.6 Å². The van der Waals surface area contributed by atoms with Crippen LogP contribution in [0.2, 0.25) is 0 Å². The van der Waals surface area contributed by atoms with Crippen LogP contribution in [0.5, 0.6) is 0 Å². The molecular weight excluding hydrogens is 368 g/mol. The second-order valence-corrected chi connectivity index (χ2v) is 8.38. The van der Waals surface area contributed by atoms with E-state index in [9.17, 15) is 18.0 Å². The predicted octanol–water partition coefficient (Wildman–Crippen LogP) is 0.269. The lowest BCUT2D eigenvalue weighted by atomic mass is 10.2. The summed E-state index contributed by atoms with van der Waals surface area (Å²) in [7, 11) is -3.70.